The summed E-state index contributed by atoms with van der Waals surface area (Å²) in [6.45, 7) is 11.9. The molecule has 0 aliphatic carbocycles. The molecule has 0 aromatic heterocycles. The van der Waals surface area contributed by atoms with E-state index in [-0.39, 0.29) is 28.5 Å². The third-order valence-corrected chi connectivity index (χ3v) is 0.236. The fourth-order valence-corrected chi connectivity index (χ4v) is 0. The van der Waals surface area contributed by atoms with Crippen LogP contribution in [0.1, 0.15) is 27.7 Å². The van der Waals surface area contributed by atoms with Gasteiger partial charge in [0.05, 0.1) is 0 Å². The molecule has 0 nitrogen and oxygen atoms in total. The molecule has 0 bridgehead atoms. The zero-order valence-electron chi connectivity index (χ0n) is 4.98. The molecule has 0 aliphatic rings. The molecular formula is C7H16W. The minimum Gasteiger partial charge on any atom is -0.518 e. The zero-order chi connectivity index (χ0) is 5.41. The van der Waals surface area contributed by atoms with Gasteiger partial charge in [-0.15, -0.1) is 0 Å². The molecular weight excluding hydrogens is 268 g/mol. The van der Waals surface area contributed by atoms with Gasteiger partial charge in [-0.3, -0.25) is 6.08 Å². The third kappa shape index (κ3) is 92.8. The van der Waals surface area contributed by atoms with E-state index in [1.54, 1.807) is 13.0 Å². The van der Waals surface area contributed by atoms with Crippen molar-refractivity contribution in [1.82, 2.24) is 0 Å². The summed E-state index contributed by atoms with van der Waals surface area (Å²) in [5, 5.41) is 0. The van der Waals surface area contributed by atoms with E-state index in [4.69, 9.17) is 6.58 Å². The molecule has 0 aromatic carbocycles. The summed E-state index contributed by atoms with van der Waals surface area (Å²) in [5.74, 6) is 0. The fourth-order valence-electron chi connectivity index (χ4n) is 0. The summed E-state index contributed by atoms with van der Waals surface area (Å²) < 4.78 is 0. The molecule has 0 saturated carbocycles. The van der Waals surface area contributed by atoms with Crippen molar-refractivity contribution in [2.45, 2.75) is 27.7 Å². The predicted molar refractivity (Wildman–Crippen MR) is 36.9 cm³/mol. The quantitative estimate of drug-likeness (QED) is 0.649. The summed E-state index contributed by atoms with van der Waals surface area (Å²) in [5.41, 5.74) is 0. The van der Waals surface area contributed by atoms with Crippen molar-refractivity contribution < 1.29 is 21.1 Å². The predicted octanol–water partition coefficient (Wildman–Crippen LogP) is 2.86. The number of rotatable bonds is 1. The van der Waals surface area contributed by atoms with E-state index in [9.17, 15) is 0 Å². The van der Waals surface area contributed by atoms with Gasteiger partial charge < -0.3 is 13.5 Å². The van der Waals surface area contributed by atoms with Crippen molar-refractivity contribution in [3.8, 4) is 0 Å². The van der Waals surface area contributed by atoms with Gasteiger partial charge >= 0.3 is 21.1 Å². The van der Waals surface area contributed by atoms with Crippen LogP contribution in [-0.2, 0) is 21.1 Å². The number of allylic oxidation sites excluding steroid dienone is 1. The van der Waals surface area contributed by atoms with E-state index < -0.39 is 0 Å². The maximum atomic E-state index is 4.90. The first kappa shape index (κ1) is 23.7. The van der Waals surface area contributed by atoms with Crippen LogP contribution < -0.4 is 0 Å². The Bertz CT molecular complexity index is 18.3. The van der Waals surface area contributed by atoms with Crippen molar-refractivity contribution >= 4 is 0 Å². The molecule has 0 amide bonds. The van der Waals surface area contributed by atoms with Gasteiger partial charge in [0.25, 0.3) is 0 Å². The van der Waals surface area contributed by atoms with Crippen LogP contribution >= 0.6 is 0 Å². The summed E-state index contributed by atoms with van der Waals surface area (Å²) in [4.78, 5) is 0. The SMILES string of the molecule is C.[CH-]=CCC.[CH2-]C.[W+2]. The molecule has 0 atom stereocenters. The van der Waals surface area contributed by atoms with Gasteiger partial charge in [0.2, 0.25) is 0 Å². The third-order valence-electron chi connectivity index (χ3n) is 0.236. The Hall–Kier alpha value is 0.428. The normalized spacial score (nSPS) is 3.88. The molecule has 50 valence electrons. The van der Waals surface area contributed by atoms with Gasteiger partial charge in [0.15, 0.2) is 0 Å². The van der Waals surface area contributed by atoms with Crippen LogP contribution in [0, 0.1) is 13.5 Å². The Morgan fingerprint density at radius 2 is 1.62 bits per heavy atom. The summed E-state index contributed by atoms with van der Waals surface area (Å²) in [7, 11) is 0. The first-order valence-electron chi connectivity index (χ1n) is 2.16. The van der Waals surface area contributed by atoms with Crippen LogP contribution in [0.3, 0.4) is 0 Å². The molecule has 0 unspecified atom stereocenters. The van der Waals surface area contributed by atoms with E-state index in [1.807, 2.05) is 6.92 Å². The Morgan fingerprint density at radius 3 is 1.62 bits per heavy atom. The molecule has 0 fully saturated rings. The van der Waals surface area contributed by atoms with Crippen molar-refractivity contribution in [2.24, 2.45) is 0 Å². The maximum Gasteiger partial charge on any atom is 2.00 e. The fraction of sp³-hybridized carbons (Fsp3) is 0.571. The minimum atomic E-state index is 0. The molecule has 0 heterocycles. The van der Waals surface area contributed by atoms with Crippen molar-refractivity contribution in [3.63, 3.8) is 0 Å². The summed E-state index contributed by atoms with van der Waals surface area (Å²) >= 11 is 0. The van der Waals surface area contributed by atoms with Gasteiger partial charge in [-0.1, -0.05) is 20.8 Å². The van der Waals surface area contributed by atoms with Gasteiger partial charge in [0.1, 0.15) is 0 Å². The van der Waals surface area contributed by atoms with Crippen molar-refractivity contribution in [1.29, 1.82) is 0 Å². The second kappa shape index (κ2) is 52.1. The topological polar surface area (TPSA) is 0 Å². The van der Waals surface area contributed by atoms with E-state index in [2.05, 4.69) is 6.92 Å². The molecule has 0 aromatic rings. The van der Waals surface area contributed by atoms with E-state index >= 15 is 0 Å². The maximum absolute atomic E-state index is 4.90. The zero-order valence-corrected chi connectivity index (χ0v) is 7.91. The Morgan fingerprint density at radius 1 is 1.50 bits per heavy atom. The smallest absolute Gasteiger partial charge is 0.518 e. The number of hydrogen-bond donors (Lipinski definition) is 0. The van der Waals surface area contributed by atoms with Gasteiger partial charge in [-0.25, -0.2) is 0 Å². The first-order valence-corrected chi connectivity index (χ1v) is 2.16. The second-order valence-corrected chi connectivity index (χ2v) is 0.644. The van der Waals surface area contributed by atoms with Crippen LogP contribution in [0.5, 0.6) is 0 Å². The average molecular weight is 284 g/mol. The molecule has 0 rings (SSSR count). The molecule has 0 spiro atoms. The van der Waals surface area contributed by atoms with E-state index in [1.165, 1.54) is 0 Å². The monoisotopic (exact) mass is 284 g/mol. The van der Waals surface area contributed by atoms with Crippen LogP contribution in [0.15, 0.2) is 6.08 Å². The first-order chi connectivity index (χ1) is 2.91. The molecule has 0 aliphatic heterocycles. The summed E-state index contributed by atoms with van der Waals surface area (Å²) in [6, 6.07) is 0. The van der Waals surface area contributed by atoms with Crippen molar-refractivity contribution in [3.05, 3.63) is 19.6 Å². The summed E-state index contributed by atoms with van der Waals surface area (Å²) in [6.07, 6.45) is 2.60. The largest absolute Gasteiger partial charge is 2.00 e. The molecule has 1 heteroatoms. The Kier molecular flexibility index (Phi) is 154. The Balaban J connectivity index is -0.0000000183. The standard InChI is InChI=1S/C4H7.C2H5.CH4.W/c1-3-4-2;1-2;;/h1,3H,4H2,2H3;1H2,2H3;1H4;/q2*-1;;+2. The minimum absolute atomic E-state index is 0. The number of hydrogen-bond acceptors (Lipinski definition) is 0. The second-order valence-electron chi connectivity index (χ2n) is 0.644. The molecule has 0 saturated heterocycles. The van der Waals surface area contributed by atoms with E-state index in [0.29, 0.717) is 0 Å². The Labute approximate surface area is 68.6 Å². The van der Waals surface area contributed by atoms with E-state index in [0.717, 1.165) is 6.42 Å². The van der Waals surface area contributed by atoms with Crippen molar-refractivity contribution in [2.75, 3.05) is 0 Å². The van der Waals surface area contributed by atoms with Crippen LogP contribution in [0.25, 0.3) is 0 Å². The van der Waals surface area contributed by atoms with Gasteiger partial charge in [-0.05, 0) is 0 Å². The molecule has 0 N–H and O–H groups in total. The van der Waals surface area contributed by atoms with Crippen LogP contribution in [0.4, 0.5) is 0 Å². The van der Waals surface area contributed by atoms with Crippen LogP contribution in [-0.4, -0.2) is 0 Å². The van der Waals surface area contributed by atoms with Gasteiger partial charge in [-0.2, -0.15) is 6.92 Å². The molecule has 8 heavy (non-hydrogen) atoms. The van der Waals surface area contributed by atoms with Crippen LogP contribution in [0.2, 0.25) is 0 Å². The average Bonchev–Trinajstić information content (AvgIpc) is 1.72. The van der Waals surface area contributed by atoms with Gasteiger partial charge in [0, 0.05) is 0 Å². The molecule has 0 radical (unpaired) electrons.